The molecule has 0 saturated heterocycles. The summed E-state index contributed by atoms with van der Waals surface area (Å²) in [7, 11) is 0. The second-order valence-electron chi connectivity index (χ2n) is 4.25. The van der Waals surface area contributed by atoms with Gasteiger partial charge in [0.1, 0.15) is 12.4 Å². The Labute approximate surface area is 108 Å². The van der Waals surface area contributed by atoms with E-state index in [1.54, 1.807) is 6.26 Å². The molecule has 0 amide bonds. The van der Waals surface area contributed by atoms with Crippen LogP contribution in [0.5, 0.6) is 0 Å². The third kappa shape index (κ3) is 3.12. The zero-order chi connectivity index (χ0) is 12.8. The number of aliphatic imine (C=N–C) groups is 2. The molecule has 0 N–H and O–H groups in total. The minimum Gasteiger partial charge on any atom is -0.467 e. The van der Waals surface area contributed by atoms with E-state index < -0.39 is 0 Å². The maximum atomic E-state index is 5.31. The van der Waals surface area contributed by atoms with Gasteiger partial charge in [-0.15, -0.1) is 0 Å². The standard InChI is InChI=1S/C13H20N4O/c1-3-7-17(4-2)13-14-10-16(11-15-13)9-12-6-5-8-18-12/h5-6,8,10H,3-4,7,9,11H2,1-2H3. The van der Waals surface area contributed by atoms with Gasteiger partial charge in [0.2, 0.25) is 5.96 Å². The molecule has 5 heteroatoms. The van der Waals surface area contributed by atoms with Crippen molar-refractivity contribution in [1.29, 1.82) is 0 Å². The van der Waals surface area contributed by atoms with Crippen LogP contribution in [0.25, 0.3) is 0 Å². The van der Waals surface area contributed by atoms with Crippen LogP contribution in [0.15, 0.2) is 32.8 Å². The van der Waals surface area contributed by atoms with Crippen LogP contribution in [-0.2, 0) is 6.54 Å². The Morgan fingerprint density at radius 2 is 2.33 bits per heavy atom. The van der Waals surface area contributed by atoms with Crippen molar-refractivity contribution in [3.05, 3.63) is 24.2 Å². The van der Waals surface area contributed by atoms with E-state index in [1.807, 2.05) is 23.4 Å². The van der Waals surface area contributed by atoms with Crippen LogP contribution < -0.4 is 0 Å². The quantitative estimate of drug-likeness (QED) is 0.802. The largest absolute Gasteiger partial charge is 0.467 e. The van der Waals surface area contributed by atoms with Crippen LogP contribution in [0.4, 0.5) is 0 Å². The summed E-state index contributed by atoms with van der Waals surface area (Å²) in [6.45, 7) is 7.60. The highest BCUT2D eigenvalue weighted by Crippen LogP contribution is 2.07. The third-order valence-corrected chi connectivity index (χ3v) is 2.83. The van der Waals surface area contributed by atoms with Gasteiger partial charge in [-0.3, -0.25) is 0 Å². The first-order valence-electron chi connectivity index (χ1n) is 6.43. The maximum Gasteiger partial charge on any atom is 0.223 e. The minimum atomic E-state index is 0.639. The maximum absolute atomic E-state index is 5.31. The molecule has 18 heavy (non-hydrogen) atoms. The van der Waals surface area contributed by atoms with Gasteiger partial charge in [0.15, 0.2) is 0 Å². The van der Waals surface area contributed by atoms with Crippen LogP contribution in [0.3, 0.4) is 0 Å². The van der Waals surface area contributed by atoms with Crippen molar-refractivity contribution < 1.29 is 4.42 Å². The van der Waals surface area contributed by atoms with Crippen LogP contribution >= 0.6 is 0 Å². The van der Waals surface area contributed by atoms with E-state index in [4.69, 9.17) is 4.42 Å². The summed E-state index contributed by atoms with van der Waals surface area (Å²) in [5, 5.41) is 0. The molecule has 1 aliphatic heterocycles. The first-order chi connectivity index (χ1) is 8.83. The SMILES string of the molecule is CCCN(CC)C1=NCN(Cc2ccco2)C=N1. The molecule has 0 spiro atoms. The second-order valence-corrected chi connectivity index (χ2v) is 4.25. The van der Waals surface area contributed by atoms with Crippen molar-refractivity contribution in [2.45, 2.75) is 26.8 Å². The number of furan rings is 1. The highest BCUT2D eigenvalue weighted by atomic mass is 16.3. The van der Waals surface area contributed by atoms with E-state index in [-0.39, 0.29) is 0 Å². The van der Waals surface area contributed by atoms with Crippen LogP contribution in [0.1, 0.15) is 26.0 Å². The second kappa shape index (κ2) is 6.23. The van der Waals surface area contributed by atoms with Gasteiger partial charge in [-0.2, -0.15) is 0 Å². The average Bonchev–Trinajstić information content (AvgIpc) is 2.90. The topological polar surface area (TPSA) is 44.3 Å². The van der Waals surface area contributed by atoms with Gasteiger partial charge in [0.05, 0.1) is 19.1 Å². The number of guanidine groups is 1. The molecule has 0 unspecified atom stereocenters. The summed E-state index contributed by atoms with van der Waals surface area (Å²) in [5.41, 5.74) is 0. The average molecular weight is 248 g/mol. The molecule has 0 bridgehead atoms. The van der Waals surface area contributed by atoms with Gasteiger partial charge in [0.25, 0.3) is 0 Å². The minimum absolute atomic E-state index is 0.639. The molecule has 2 rings (SSSR count). The zero-order valence-electron chi connectivity index (χ0n) is 11.0. The molecule has 98 valence electrons. The van der Waals surface area contributed by atoms with Gasteiger partial charge in [-0.1, -0.05) is 6.92 Å². The molecule has 5 nitrogen and oxygen atoms in total. The summed E-state index contributed by atoms with van der Waals surface area (Å²) in [5.74, 6) is 1.77. The Balaban J connectivity index is 1.90. The summed E-state index contributed by atoms with van der Waals surface area (Å²) in [6, 6.07) is 3.85. The van der Waals surface area contributed by atoms with Gasteiger partial charge < -0.3 is 14.2 Å². The normalized spacial score (nSPS) is 14.8. The first-order valence-corrected chi connectivity index (χ1v) is 6.43. The van der Waals surface area contributed by atoms with Gasteiger partial charge in [0, 0.05) is 13.1 Å². The number of hydrogen-bond acceptors (Lipinski definition) is 5. The van der Waals surface area contributed by atoms with Crippen molar-refractivity contribution in [2.75, 3.05) is 19.8 Å². The molecular formula is C13H20N4O. The van der Waals surface area contributed by atoms with Crippen molar-refractivity contribution in [3.63, 3.8) is 0 Å². The number of nitrogens with zero attached hydrogens (tertiary/aromatic N) is 4. The Morgan fingerprint density at radius 1 is 1.44 bits per heavy atom. The van der Waals surface area contributed by atoms with E-state index in [0.29, 0.717) is 13.2 Å². The lowest BCUT2D eigenvalue weighted by Crippen LogP contribution is -2.35. The van der Waals surface area contributed by atoms with Crippen LogP contribution in [-0.4, -0.2) is 41.9 Å². The number of hydrogen-bond donors (Lipinski definition) is 0. The molecule has 1 aromatic rings. The lowest BCUT2D eigenvalue weighted by Gasteiger charge is -2.26. The smallest absolute Gasteiger partial charge is 0.223 e. The molecular weight excluding hydrogens is 228 g/mol. The summed E-state index contributed by atoms with van der Waals surface area (Å²) >= 11 is 0. The van der Waals surface area contributed by atoms with Gasteiger partial charge in [-0.05, 0) is 25.5 Å². The van der Waals surface area contributed by atoms with E-state index in [9.17, 15) is 0 Å². The Hall–Kier alpha value is -1.78. The summed E-state index contributed by atoms with van der Waals surface area (Å²) in [6.07, 6.45) is 4.65. The Bertz CT molecular complexity index is 411. The van der Waals surface area contributed by atoms with E-state index in [1.165, 1.54) is 0 Å². The Morgan fingerprint density at radius 3 is 2.89 bits per heavy atom. The molecule has 1 aromatic heterocycles. The third-order valence-electron chi connectivity index (χ3n) is 2.83. The lowest BCUT2D eigenvalue weighted by molar-refractivity contribution is 0.364. The first kappa shape index (κ1) is 12.7. The van der Waals surface area contributed by atoms with Crippen LogP contribution in [0.2, 0.25) is 0 Å². The molecule has 0 saturated carbocycles. The van der Waals surface area contributed by atoms with Crippen molar-refractivity contribution >= 4 is 12.3 Å². The zero-order valence-corrected chi connectivity index (χ0v) is 11.0. The molecule has 1 aliphatic rings. The molecule has 0 aliphatic carbocycles. The number of rotatable bonds is 5. The fraction of sp³-hybridized carbons (Fsp3) is 0.538. The predicted octanol–water partition coefficient (Wildman–Crippen LogP) is 2.17. The van der Waals surface area contributed by atoms with E-state index in [2.05, 4.69) is 28.7 Å². The molecule has 0 radical (unpaired) electrons. The van der Waals surface area contributed by atoms with Crippen molar-refractivity contribution in [2.24, 2.45) is 9.98 Å². The van der Waals surface area contributed by atoms with Crippen molar-refractivity contribution in [3.8, 4) is 0 Å². The Kier molecular flexibility index (Phi) is 4.39. The highest BCUT2D eigenvalue weighted by molar-refractivity contribution is 5.88. The fourth-order valence-corrected chi connectivity index (χ4v) is 1.91. The van der Waals surface area contributed by atoms with Gasteiger partial charge in [-0.25, -0.2) is 9.98 Å². The molecule has 2 heterocycles. The lowest BCUT2D eigenvalue weighted by atomic mass is 10.4. The fourth-order valence-electron chi connectivity index (χ4n) is 1.91. The van der Waals surface area contributed by atoms with Crippen molar-refractivity contribution in [1.82, 2.24) is 9.80 Å². The van der Waals surface area contributed by atoms with Crippen LogP contribution in [0, 0.1) is 0 Å². The van der Waals surface area contributed by atoms with E-state index >= 15 is 0 Å². The summed E-state index contributed by atoms with van der Waals surface area (Å²) < 4.78 is 5.31. The molecule has 0 atom stereocenters. The predicted molar refractivity (Wildman–Crippen MR) is 72.6 cm³/mol. The monoisotopic (exact) mass is 248 g/mol. The van der Waals surface area contributed by atoms with Gasteiger partial charge >= 0.3 is 0 Å². The highest BCUT2D eigenvalue weighted by Gasteiger charge is 2.13. The van der Waals surface area contributed by atoms with E-state index in [0.717, 1.165) is 31.2 Å². The summed E-state index contributed by atoms with van der Waals surface area (Å²) in [4.78, 5) is 13.2. The molecule has 0 fully saturated rings. The molecule has 0 aromatic carbocycles.